The molecule has 1 saturated heterocycles. The molecule has 1 fully saturated rings. The first-order chi connectivity index (χ1) is 9.98. The van der Waals surface area contributed by atoms with Crippen molar-refractivity contribution in [2.45, 2.75) is 23.7 Å². The number of halogens is 1. The summed E-state index contributed by atoms with van der Waals surface area (Å²) in [7, 11) is -3.85. The predicted octanol–water partition coefficient (Wildman–Crippen LogP) is 1.92. The average Bonchev–Trinajstić information content (AvgIpc) is 3.08. The van der Waals surface area contributed by atoms with Gasteiger partial charge in [-0.3, -0.25) is 0 Å². The standard InChI is InChI=1S/C14H14FNO4S/c15-11-4-1-3-10(7-11)13-8-12(17)9-16(13)21(18,19)14-5-2-6-20-14/h1-7,12-13,17H,8-9H2. The van der Waals surface area contributed by atoms with Crippen molar-refractivity contribution in [1.29, 1.82) is 0 Å². The van der Waals surface area contributed by atoms with Crippen LogP contribution in [0, 0.1) is 5.82 Å². The quantitative estimate of drug-likeness (QED) is 0.940. The fourth-order valence-electron chi connectivity index (χ4n) is 2.59. The molecule has 0 radical (unpaired) electrons. The Bertz CT molecular complexity index is 729. The maximum absolute atomic E-state index is 13.4. The van der Waals surface area contributed by atoms with Gasteiger partial charge in [0.15, 0.2) is 0 Å². The summed E-state index contributed by atoms with van der Waals surface area (Å²) in [6.45, 7) is -0.0375. The zero-order valence-electron chi connectivity index (χ0n) is 11.0. The molecule has 112 valence electrons. The van der Waals surface area contributed by atoms with Crippen molar-refractivity contribution in [2.24, 2.45) is 0 Å². The van der Waals surface area contributed by atoms with Crippen LogP contribution < -0.4 is 0 Å². The summed E-state index contributed by atoms with van der Waals surface area (Å²) in [4.78, 5) is 0. The Morgan fingerprint density at radius 1 is 1.29 bits per heavy atom. The lowest BCUT2D eigenvalue weighted by Gasteiger charge is -2.22. The van der Waals surface area contributed by atoms with Crippen molar-refractivity contribution in [3.63, 3.8) is 0 Å². The number of hydrogen-bond acceptors (Lipinski definition) is 4. The van der Waals surface area contributed by atoms with E-state index in [0.29, 0.717) is 5.56 Å². The van der Waals surface area contributed by atoms with Gasteiger partial charge in [-0.05, 0) is 36.2 Å². The van der Waals surface area contributed by atoms with Gasteiger partial charge in [-0.25, -0.2) is 12.8 Å². The van der Waals surface area contributed by atoms with Gasteiger partial charge in [0, 0.05) is 6.54 Å². The molecular formula is C14H14FNO4S. The monoisotopic (exact) mass is 311 g/mol. The van der Waals surface area contributed by atoms with Crippen molar-refractivity contribution >= 4 is 10.0 Å². The van der Waals surface area contributed by atoms with Gasteiger partial charge >= 0.3 is 0 Å². The van der Waals surface area contributed by atoms with Crippen LogP contribution >= 0.6 is 0 Å². The largest absolute Gasteiger partial charge is 0.452 e. The van der Waals surface area contributed by atoms with Crippen LogP contribution in [0.2, 0.25) is 0 Å². The van der Waals surface area contributed by atoms with Crippen LogP contribution in [0.5, 0.6) is 0 Å². The topological polar surface area (TPSA) is 70.8 Å². The van der Waals surface area contributed by atoms with Crippen LogP contribution in [0.3, 0.4) is 0 Å². The summed E-state index contributed by atoms with van der Waals surface area (Å²) in [6.07, 6.45) is 0.711. The van der Waals surface area contributed by atoms with Crippen LogP contribution in [-0.4, -0.2) is 30.5 Å². The van der Waals surface area contributed by atoms with Gasteiger partial charge in [-0.1, -0.05) is 12.1 Å². The molecule has 0 saturated carbocycles. The molecule has 2 aromatic rings. The summed E-state index contributed by atoms with van der Waals surface area (Å²) in [5, 5.41) is 9.65. The lowest BCUT2D eigenvalue weighted by atomic mass is 10.0. The fourth-order valence-corrected chi connectivity index (χ4v) is 4.16. The second-order valence-electron chi connectivity index (χ2n) is 4.97. The van der Waals surface area contributed by atoms with Crippen LogP contribution in [0.4, 0.5) is 4.39 Å². The number of nitrogens with zero attached hydrogens (tertiary/aromatic N) is 1. The highest BCUT2D eigenvalue weighted by molar-refractivity contribution is 7.89. The van der Waals surface area contributed by atoms with E-state index in [9.17, 15) is 17.9 Å². The van der Waals surface area contributed by atoms with Crippen molar-refractivity contribution < 1.29 is 22.3 Å². The van der Waals surface area contributed by atoms with E-state index in [1.165, 1.54) is 36.6 Å². The first-order valence-electron chi connectivity index (χ1n) is 6.47. The van der Waals surface area contributed by atoms with Gasteiger partial charge in [0.2, 0.25) is 5.09 Å². The minimum absolute atomic E-state index is 0.0375. The number of β-amino-alcohol motifs (C(OH)–C–C–N with tert-alkyl or cyclic N) is 1. The minimum atomic E-state index is -3.85. The maximum Gasteiger partial charge on any atom is 0.277 e. The van der Waals surface area contributed by atoms with Crippen LogP contribution in [0.25, 0.3) is 0 Å². The van der Waals surface area contributed by atoms with Crippen LogP contribution in [-0.2, 0) is 10.0 Å². The molecule has 2 heterocycles. The van der Waals surface area contributed by atoms with Gasteiger partial charge in [0.05, 0.1) is 18.4 Å². The lowest BCUT2D eigenvalue weighted by Crippen LogP contribution is -2.31. The van der Waals surface area contributed by atoms with E-state index in [0.717, 1.165) is 4.31 Å². The van der Waals surface area contributed by atoms with E-state index in [1.54, 1.807) is 6.07 Å². The second kappa shape index (κ2) is 5.25. The van der Waals surface area contributed by atoms with E-state index in [4.69, 9.17) is 4.42 Å². The molecule has 0 amide bonds. The highest BCUT2D eigenvalue weighted by atomic mass is 32.2. The smallest absolute Gasteiger partial charge is 0.277 e. The van der Waals surface area contributed by atoms with Crippen LogP contribution in [0.15, 0.2) is 52.2 Å². The van der Waals surface area contributed by atoms with Gasteiger partial charge in [-0.2, -0.15) is 4.31 Å². The number of hydrogen-bond donors (Lipinski definition) is 1. The third-order valence-corrected chi connectivity index (χ3v) is 5.29. The molecule has 1 aliphatic heterocycles. The van der Waals surface area contributed by atoms with Crippen molar-refractivity contribution in [2.75, 3.05) is 6.54 Å². The third-order valence-electron chi connectivity index (χ3n) is 3.53. The number of furan rings is 1. The normalized spacial score (nSPS) is 23.5. The second-order valence-corrected chi connectivity index (χ2v) is 6.79. The average molecular weight is 311 g/mol. The fraction of sp³-hybridized carbons (Fsp3) is 0.286. The van der Waals surface area contributed by atoms with Crippen molar-refractivity contribution in [1.82, 2.24) is 4.31 Å². The molecule has 3 rings (SSSR count). The van der Waals surface area contributed by atoms with E-state index >= 15 is 0 Å². The summed E-state index contributed by atoms with van der Waals surface area (Å²) in [5.41, 5.74) is 0.515. The third kappa shape index (κ3) is 2.59. The highest BCUT2D eigenvalue weighted by Gasteiger charge is 2.41. The highest BCUT2D eigenvalue weighted by Crippen LogP contribution is 2.36. The van der Waals surface area contributed by atoms with Crippen molar-refractivity contribution in [3.05, 3.63) is 54.0 Å². The zero-order chi connectivity index (χ0) is 15.0. The van der Waals surface area contributed by atoms with E-state index < -0.39 is 28.0 Å². The maximum atomic E-state index is 13.4. The number of sulfonamides is 1. The first kappa shape index (κ1) is 14.2. The molecule has 0 spiro atoms. The molecule has 5 nitrogen and oxygen atoms in total. The summed E-state index contributed by atoms with van der Waals surface area (Å²) < 4.78 is 44.6. The molecule has 1 aromatic heterocycles. The molecule has 0 bridgehead atoms. The summed E-state index contributed by atoms with van der Waals surface area (Å²) in [5.74, 6) is -0.441. The number of aliphatic hydroxyl groups is 1. The Morgan fingerprint density at radius 2 is 2.10 bits per heavy atom. The van der Waals surface area contributed by atoms with Gasteiger partial charge in [0.1, 0.15) is 5.82 Å². The number of benzene rings is 1. The zero-order valence-corrected chi connectivity index (χ0v) is 11.8. The SMILES string of the molecule is O=S(=O)(c1ccco1)N1CC(O)CC1c1cccc(F)c1. The molecule has 21 heavy (non-hydrogen) atoms. The minimum Gasteiger partial charge on any atom is -0.452 e. The molecule has 0 aliphatic carbocycles. The van der Waals surface area contributed by atoms with Crippen LogP contribution in [0.1, 0.15) is 18.0 Å². The molecule has 2 atom stereocenters. The van der Waals surface area contributed by atoms with E-state index in [1.807, 2.05) is 0 Å². The van der Waals surface area contributed by atoms with E-state index in [-0.39, 0.29) is 18.1 Å². The molecular weight excluding hydrogens is 297 g/mol. The Balaban J connectivity index is 2.01. The number of rotatable bonds is 3. The Kier molecular flexibility index (Phi) is 3.56. The lowest BCUT2D eigenvalue weighted by molar-refractivity contribution is 0.188. The van der Waals surface area contributed by atoms with Gasteiger partial charge in [-0.15, -0.1) is 0 Å². The molecule has 2 unspecified atom stereocenters. The predicted molar refractivity (Wildman–Crippen MR) is 72.4 cm³/mol. The van der Waals surface area contributed by atoms with Crippen molar-refractivity contribution in [3.8, 4) is 0 Å². The van der Waals surface area contributed by atoms with E-state index in [2.05, 4.69) is 0 Å². The Morgan fingerprint density at radius 3 is 2.76 bits per heavy atom. The Hall–Kier alpha value is -1.70. The molecule has 1 aliphatic rings. The molecule has 1 aromatic carbocycles. The van der Waals surface area contributed by atoms with Gasteiger partial charge in [0.25, 0.3) is 10.0 Å². The number of aliphatic hydroxyl groups excluding tert-OH is 1. The molecule has 7 heteroatoms. The Labute approximate surface area is 121 Å². The summed E-state index contributed by atoms with van der Waals surface area (Å²) in [6, 6.07) is 7.97. The summed E-state index contributed by atoms with van der Waals surface area (Å²) >= 11 is 0. The first-order valence-corrected chi connectivity index (χ1v) is 7.91. The van der Waals surface area contributed by atoms with Gasteiger partial charge < -0.3 is 9.52 Å². The molecule has 1 N–H and O–H groups in total.